The fourth-order valence-corrected chi connectivity index (χ4v) is 7.14. The van der Waals surface area contributed by atoms with Crippen LogP contribution in [0.2, 0.25) is 0 Å². The van der Waals surface area contributed by atoms with Crippen LogP contribution < -0.4 is 15.0 Å². The summed E-state index contributed by atoms with van der Waals surface area (Å²) in [4.78, 5) is 21.1. The van der Waals surface area contributed by atoms with Gasteiger partial charge in [0, 0.05) is 43.2 Å². The summed E-state index contributed by atoms with van der Waals surface area (Å²) < 4.78 is 26.5. The minimum Gasteiger partial charge on any atom is -0.611 e. The van der Waals surface area contributed by atoms with Gasteiger partial charge in [-0.15, -0.1) is 0 Å². The molecule has 3 aromatic carbocycles. The molecule has 0 spiro atoms. The predicted molar refractivity (Wildman–Crippen MR) is 200 cm³/mol. The van der Waals surface area contributed by atoms with E-state index in [4.69, 9.17) is 9.47 Å². The van der Waals surface area contributed by atoms with Crippen molar-refractivity contribution in [3.05, 3.63) is 96.1 Å². The Labute approximate surface area is 294 Å². The van der Waals surface area contributed by atoms with Gasteiger partial charge in [0.05, 0.1) is 24.8 Å². The van der Waals surface area contributed by atoms with Crippen LogP contribution in [0.5, 0.6) is 5.75 Å². The highest BCUT2D eigenvalue weighted by atomic mass is 32.2. The van der Waals surface area contributed by atoms with E-state index in [1.165, 1.54) is 0 Å². The summed E-state index contributed by atoms with van der Waals surface area (Å²) in [6.07, 6.45) is 9.17. The Bertz CT molecular complexity index is 1670. The molecule has 9 heteroatoms. The van der Waals surface area contributed by atoms with E-state index in [0.29, 0.717) is 37.0 Å². The lowest BCUT2D eigenvalue weighted by Crippen LogP contribution is -2.30. The van der Waals surface area contributed by atoms with E-state index < -0.39 is 11.2 Å². The van der Waals surface area contributed by atoms with Crippen LogP contribution in [0.25, 0.3) is 17.2 Å². The molecule has 4 aromatic rings. The van der Waals surface area contributed by atoms with Gasteiger partial charge in [0.25, 0.3) is 5.91 Å². The number of aryl methyl sites for hydroxylation is 1. The van der Waals surface area contributed by atoms with E-state index in [9.17, 15) is 9.35 Å². The van der Waals surface area contributed by atoms with Crippen molar-refractivity contribution in [3.8, 4) is 16.9 Å². The van der Waals surface area contributed by atoms with Gasteiger partial charge in [-0.3, -0.25) is 4.79 Å². The van der Waals surface area contributed by atoms with Gasteiger partial charge in [-0.05, 0) is 114 Å². The highest BCUT2D eigenvalue weighted by Gasteiger charge is 2.20. The number of hydrogen-bond donors (Lipinski definition) is 1. The molecule has 1 aromatic heterocycles. The van der Waals surface area contributed by atoms with Crippen molar-refractivity contribution in [1.82, 2.24) is 9.55 Å². The fraction of sp³-hybridized carbons (Fsp3) is 0.400. The summed E-state index contributed by atoms with van der Waals surface area (Å²) in [5.74, 6) is 1.61. The molecular weight excluding hydrogens is 633 g/mol. The van der Waals surface area contributed by atoms with Gasteiger partial charge in [0.15, 0.2) is 10.6 Å². The number of amides is 1. The van der Waals surface area contributed by atoms with Crippen LogP contribution in [-0.2, 0) is 33.0 Å². The van der Waals surface area contributed by atoms with Crippen LogP contribution in [0.1, 0.15) is 64.6 Å². The monoisotopic (exact) mass is 682 g/mol. The molecule has 1 unspecified atom stereocenters. The van der Waals surface area contributed by atoms with Crippen molar-refractivity contribution in [2.24, 2.45) is 5.92 Å². The average molecular weight is 683 g/mol. The fourth-order valence-electron chi connectivity index (χ4n) is 6.03. The Balaban J connectivity index is 1.31. The molecule has 1 aliphatic heterocycles. The molecule has 0 saturated carbocycles. The minimum absolute atomic E-state index is 0.115. The summed E-state index contributed by atoms with van der Waals surface area (Å²) in [6, 6.07) is 22.0. The van der Waals surface area contributed by atoms with E-state index in [1.54, 1.807) is 12.5 Å². The van der Waals surface area contributed by atoms with Crippen molar-refractivity contribution >= 4 is 34.5 Å². The number of nitrogens with zero attached hydrogens (tertiary/aromatic N) is 3. The summed E-state index contributed by atoms with van der Waals surface area (Å²) in [5, 5.41) is 3.10. The minimum atomic E-state index is -1.21. The Morgan fingerprint density at radius 1 is 0.980 bits per heavy atom. The van der Waals surface area contributed by atoms with E-state index in [-0.39, 0.29) is 5.91 Å². The molecule has 0 fully saturated rings. The maximum Gasteiger partial charge on any atom is 0.251 e. The van der Waals surface area contributed by atoms with Crippen LogP contribution in [0, 0.1) is 5.92 Å². The first kappa shape index (κ1) is 36.2. The van der Waals surface area contributed by atoms with Gasteiger partial charge < -0.3 is 28.8 Å². The average Bonchev–Trinajstić information content (AvgIpc) is 3.53. The number of rotatable bonds is 16. The van der Waals surface area contributed by atoms with Crippen molar-refractivity contribution in [3.63, 3.8) is 0 Å². The number of carbonyl (C=O) groups is 1. The number of fused-ring (bicyclic) bond motifs is 1. The van der Waals surface area contributed by atoms with Crippen molar-refractivity contribution in [2.75, 3.05) is 43.1 Å². The summed E-state index contributed by atoms with van der Waals surface area (Å²) in [6.45, 7) is 13.2. The third-order valence-electron chi connectivity index (χ3n) is 8.40. The van der Waals surface area contributed by atoms with Gasteiger partial charge in [-0.2, -0.15) is 0 Å². The van der Waals surface area contributed by atoms with Crippen molar-refractivity contribution in [2.45, 2.75) is 70.6 Å². The number of carbonyl (C=O) groups excluding carboxylic acids is 1. The standard InChI is InChI=1S/C40H50N4O4S/c1-5-19-44-29-41-26-36(44)28-49(46)38-16-12-35(13-17-38)42-40(45)33-8-7-20-43(27-30(3)4)39-18-11-32(24-34(39)25-33)31-9-14-37(15-10-31)48-23-22-47-21-6-2/h9-18,24-26,29-30H,5-8,19-23,27-28H2,1-4H3,(H,42,45)/b33-25+. The molecule has 0 saturated heterocycles. The number of imidazole rings is 1. The van der Waals surface area contributed by atoms with E-state index >= 15 is 0 Å². The molecule has 1 amide bonds. The lowest BCUT2D eigenvalue weighted by molar-refractivity contribution is -0.112. The number of hydrogen-bond acceptors (Lipinski definition) is 6. The van der Waals surface area contributed by atoms with Crippen LogP contribution in [0.4, 0.5) is 11.4 Å². The second-order valence-electron chi connectivity index (χ2n) is 12.9. The molecule has 49 heavy (non-hydrogen) atoms. The zero-order valence-corrected chi connectivity index (χ0v) is 30.1. The molecule has 5 rings (SSSR count). The molecular formula is C40H50N4O4S. The van der Waals surface area contributed by atoms with Gasteiger partial charge in [0.2, 0.25) is 0 Å². The number of benzene rings is 3. The molecule has 8 nitrogen and oxygen atoms in total. The highest BCUT2D eigenvalue weighted by molar-refractivity contribution is 7.90. The van der Waals surface area contributed by atoms with E-state index in [0.717, 1.165) is 89.8 Å². The summed E-state index contributed by atoms with van der Waals surface area (Å²) >= 11 is -1.21. The molecule has 0 aliphatic carbocycles. The van der Waals surface area contributed by atoms with Gasteiger partial charge >= 0.3 is 0 Å². The van der Waals surface area contributed by atoms with Gasteiger partial charge in [-0.25, -0.2) is 4.98 Å². The Morgan fingerprint density at radius 2 is 1.76 bits per heavy atom. The number of nitrogens with one attached hydrogen (secondary N) is 1. The van der Waals surface area contributed by atoms with Crippen LogP contribution in [-0.4, -0.2) is 52.9 Å². The molecule has 1 aliphatic rings. The first-order valence-corrected chi connectivity index (χ1v) is 18.9. The third kappa shape index (κ3) is 10.2. The normalized spacial score (nSPS) is 14.8. The van der Waals surface area contributed by atoms with Crippen LogP contribution >= 0.6 is 0 Å². The lowest BCUT2D eigenvalue weighted by Gasteiger charge is -2.30. The summed E-state index contributed by atoms with van der Waals surface area (Å²) in [5.41, 5.74) is 6.72. The summed E-state index contributed by atoms with van der Waals surface area (Å²) in [7, 11) is 0. The topological polar surface area (TPSA) is 91.7 Å². The molecule has 0 bridgehead atoms. The highest BCUT2D eigenvalue weighted by Crippen LogP contribution is 2.33. The molecule has 0 radical (unpaired) electrons. The van der Waals surface area contributed by atoms with E-state index in [2.05, 4.69) is 83.9 Å². The third-order valence-corrected chi connectivity index (χ3v) is 9.75. The smallest absolute Gasteiger partial charge is 0.251 e. The maximum absolute atomic E-state index is 13.7. The maximum atomic E-state index is 13.7. The quantitative estimate of drug-likeness (QED) is 0.0944. The first-order chi connectivity index (χ1) is 23.8. The zero-order valence-electron chi connectivity index (χ0n) is 29.3. The largest absolute Gasteiger partial charge is 0.611 e. The first-order valence-electron chi connectivity index (χ1n) is 17.5. The predicted octanol–water partition coefficient (Wildman–Crippen LogP) is 8.35. The van der Waals surface area contributed by atoms with Crippen molar-refractivity contribution < 1.29 is 18.8 Å². The van der Waals surface area contributed by atoms with Crippen LogP contribution in [0.15, 0.2) is 89.7 Å². The second-order valence-corrected chi connectivity index (χ2v) is 14.4. The molecule has 2 heterocycles. The number of aromatic nitrogens is 2. The Morgan fingerprint density at radius 3 is 2.49 bits per heavy atom. The van der Waals surface area contributed by atoms with E-state index in [1.807, 2.05) is 36.4 Å². The van der Waals surface area contributed by atoms with Gasteiger partial charge in [0.1, 0.15) is 12.4 Å². The zero-order chi connectivity index (χ0) is 34.6. The number of ether oxygens (including phenoxy) is 2. The van der Waals surface area contributed by atoms with Crippen LogP contribution in [0.3, 0.4) is 0 Å². The Hall–Kier alpha value is -4.05. The molecule has 1 N–H and O–H groups in total. The number of anilines is 2. The SMILES string of the molecule is CCCOCCOc1ccc(-c2ccc3c(c2)/C=C(/C(=O)Nc2ccc([S+]([O-])Cc4cncn4CCC)cc2)CCCN3CC(C)C)cc1. The lowest BCUT2D eigenvalue weighted by atomic mass is 9.96. The Kier molecular flexibility index (Phi) is 13.4. The molecule has 1 atom stereocenters. The van der Waals surface area contributed by atoms with Crippen molar-refractivity contribution in [1.29, 1.82) is 0 Å². The molecule has 260 valence electrons. The second kappa shape index (κ2) is 18.1. The van der Waals surface area contributed by atoms with Gasteiger partial charge in [-0.1, -0.05) is 45.9 Å².